The standard InChI is InChI=1S/C28H24F8O3/c1-2-3-4-5-15-13-37-27(38-14-15)16-6-7-19(20(29)8-16)28(35,36)39-18-11-21(30)25(22(31)12-18)17-9-23(32)26(34)24(33)10-17/h6-12,15,27H,2-5,13-14H2,1H3. The predicted molar refractivity (Wildman–Crippen MR) is 125 cm³/mol. The SMILES string of the molecule is CCCCCC1COC(c2ccc(C(F)(F)Oc3cc(F)c(-c4cc(F)c(F)c(F)c4)c(F)c3)c(F)c2)OC1. The van der Waals surface area contributed by atoms with E-state index in [9.17, 15) is 35.1 Å². The summed E-state index contributed by atoms with van der Waals surface area (Å²) in [6.07, 6.45) is -1.21. The van der Waals surface area contributed by atoms with E-state index in [1.807, 2.05) is 0 Å². The molecule has 0 aliphatic carbocycles. The van der Waals surface area contributed by atoms with E-state index in [2.05, 4.69) is 11.7 Å². The van der Waals surface area contributed by atoms with E-state index < -0.39 is 69.7 Å². The van der Waals surface area contributed by atoms with Gasteiger partial charge in [-0.3, -0.25) is 0 Å². The summed E-state index contributed by atoms with van der Waals surface area (Å²) in [6, 6.07) is 4.07. The Bertz CT molecular complexity index is 1280. The minimum atomic E-state index is -4.37. The van der Waals surface area contributed by atoms with E-state index >= 15 is 0 Å². The summed E-state index contributed by atoms with van der Waals surface area (Å²) in [5, 5.41) is 0. The molecule has 0 unspecified atom stereocenters. The summed E-state index contributed by atoms with van der Waals surface area (Å²) >= 11 is 0. The van der Waals surface area contributed by atoms with Gasteiger partial charge in [-0.1, -0.05) is 32.3 Å². The number of ether oxygens (including phenoxy) is 3. The molecule has 3 nitrogen and oxygen atoms in total. The first-order valence-corrected chi connectivity index (χ1v) is 12.2. The molecule has 0 spiro atoms. The van der Waals surface area contributed by atoms with Crippen LogP contribution < -0.4 is 4.74 Å². The number of alkyl halides is 2. The van der Waals surface area contributed by atoms with Crippen molar-refractivity contribution in [1.82, 2.24) is 0 Å². The Balaban J connectivity index is 1.48. The Hall–Kier alpha value is -3.18. The van der Waals surface area contributed by atoms with Crippen molar-refractivity contribution in [3.05, 3.63) is 88.5 Å². The van der Waals surface area contributed by atoms with Crippen LogP contribution in [0.1, 0.15) is 50.0 Å². The molecule has 4 rings (SSSR count). The lowest BCUT2D eigenvalue weighted by atomic mass is 10.0. The Morgan fingerprint density at radius 3 is 1.97 bits per heavy atom. The fourth-order valence-corrected chi connectivity index (χ4v) is 4.29. The molecule has 0 radical (unpaired) electrons. The van der Waals surface area contributed by atoms with Gasteiger partial charge in [-0.15, -0.1) is 0 Å². The van der Waals surface area contributed by atoms with Crippen molar-refractivity contribution >= 4 is 0 Å². The van der Waals surface area contributed by atoms with E-state index in [0.717, 1.165) is 37.8 Å². The maximum Gasteiger partial charge on any atom is 0.429 e. The number of hydrogen-bond acceptors (Lipinski definition) is 3. The lowest BCUT2D eigenvalue weighted by Crippen LogP contribution is -2.28. The normalized spacial score (nSPS) is 17.9. The van der Waals surface area contributed by atoms with Gasteiger partial charge in [0.15, 0.2) is 23.7 Å². The molecule has 3 aromatic carbocycles. The summed E-state index contributed by atoms with van der Waals surface area (Å²) in [5.74, 6) is -10.5. The van der Waals surface area contributed by atoms with Gasteiger partial charge in [0.05, 0.1) is 24.3 Å². The predicted octanol–water partition coefficient (Wildman–Crippen LogP) is 8.56. The lowest BCUT2D eigenvalue weighted by Gasteiger charge is -2.30. The molecular formula is C28H24F8O3. The molecule has 0 saturated carbocycles. The van der Waals surface area contributed by atoms with Gasteiger partial charge in [0.1, 0.15) is 23.2 Å². The molecular weight excluding hydrogens is 536 g/mol. The third-order valence-corrected chi connectivity index (χ3v) is 6.30. The molecule has 0 aromatic heterocycles. The van der Waals surface area contributed by atoms with Crippen LogP contribution in [0.2, 0.25) is 0 Å². The maximum absolute atomic E-state index is 14.8. The second kappa shape index (κ2) is 11.9. The monoisotopic (exact) mass is 560 g/mol. The molecule has 0 bridgehead atoms. The molecule has 11 heteroatoms. The highest BCUT2D eigenvalue weighted by atomic mass is 19.3. The maximum atomic E-state index is 14.8. The Morgan fingerprint density at radius 1 is 0.795 bits per heavy atom. The molecule has 0 N–H and O–H groups in total. The second-order valence-electron chi connectivity index (χ2n) is 9.23. The van der Waals surface area contributed by atoms with Crippen LogP contribution in [0.25, 0.3) is 11.1 Å². The van der Waals surface area contributed by atoms with Crippen molar-refractivity contribution in [3.8, 4) is 16.9 Å². The fraction of sp³-hybridized carbons (Fsp3) is 0.357. The van der Waals surface area contributed by atoms with Gasteiger partial charge in [0.25, 0.3) is 0 Å². The molecule has 1 heterocycles. The molecule has 0 atom stereocenters. The van der Waals surface area contributed by atoms with Gasteiger partial charge in [-0.05, 0) is 36.2 Å². The smallest absolute Gasteiger partial charge is 0.429 e. The van der Waals surface area contributed by atoms with Crippen molar-refractivity contribution in [2.45, 2.75) is 45.0 Å². The molecule has 3 aromatic rings. The summed E-state index contributed by atoms with van der Waals surface area (Å²) in [6.45, 7) is 2.84. The summed E-state index contributed by atoms with van der Waals surface area (Å²) in [7, 11) is 0. The zero-order valence-corrected chi connectivity index (χ0v) is 20.7. The van der Waals surface area contributed by atoms with Crippen LogP contribution >= 0.6 is 0 Å². The highest BCUT2D eigenvalue weighted by Crippen LogP contribution is 2.38. The van der Waals surface area contributed by atoms with Crippen LogP contribution in [0.5, 0.6) is 5.75 Å². The zero-order chi connectivity index (χ0) is 28.3. The zero-order valence-electron chi connectivity index (χ0n) is 20.7. The largest absolute Gasteiger partial charge is 0.429 e. The van der Waals surface area contributed by atoms with Crippen LogP contribution in [0.3, 0.4) is 0 Å². The van der Waals surface area contributed by atoms with Crippen LogP contribution in [0, 0.1) is 40.8 Å². The quantitative estimate of drug-likeness (QED) is 0.149. The highest BCUT2D eigenvalue weighted by molar-refractivity contribution is 5.66. The summed E-state index contributed by atoms with van der Waals surface area (Å²) in [5.41, 5.74) is -2.76. The second-order valence-corrected chi connectivity index (χ2v) is 9.23. The molecule has 0 amide bonds. The van der Waals surface area contributed by atoms with E-state index in [1.165, 1.54) is 6.07 Å². The van der Waals surface area contributed by atoms with Crippen LogP contribution in [0.4, 0.5) is 35.1 Å². The van der Waals surface area contributed by atoms with E-state index in [0.29, 0.717) is 37.5 Å². The third kappa shape index (κ3) is 6.52. The van der Waals surface area contributed by atoms with Gasteiger partial charge >= 0.3 is 6.11 Å². The summed E-state index contributed by atoms with van der Waals surface area (Å²) < 4.78 is 129. The van der Waals surface area contributed by atoms with Gasteiger partial charge < -0.3 is 14.2 Å². The molecule has 1 saturated heterocycles. The van der Waals surface area contributed by atoms with Gasteiger partial charge in [0, 0.05) is 23.6 Å². The number of halogens is 8. The van der Waals surface area contributed by atoms with Crippen LogP contribution in [-0.2, 0) is 15.6 Å². The fourth-order valence-electron chi connectivity index (χ4n) is 4.29. The Kier molecular flexibility index (Phi) is 8.80. The molecule has 1 aliphatic rings. The van der Waals surface area contributed by atoms with E-state index in [1.54, 1.807) is 0 Å². The number of unbranched alkanes of at least 4 members (excludes halogenated alkanes) is 2. The first-order valence-electron chi connectivity index (χ1n) is 12.2. The number of benzene rings is 3. The number of hydrogen-bond donors (Lipinski definition) is 0. The highest BCUT2D eigenvalue weighted by Gasteiger charge is 2.39. The van der Waals surface area contributed by atoms with Gasteiger partial charge in [0.2, 0.25) is 0 Å². The molecule has 39 heavy (non-hydrogen) atoms. The molecule has 210 valence electrons. The first-order chi connectivity index (χ1) is 18.5. The van der Waals surface area contributed by atoms with E-state index in [-0.39, 0.29) is 11.5 Å². The van der Waals surface area contributed by atoms with E-state index in [4.69, 9.17) is 9.47 Å². The Morgan fingerprint density at radius 2 is 1.41 bits per heavy atom. The van der Waals surface area contributed by atoms with Crippen LogP contribution in [-0.4, -0.2) is 13.2 Å². The van der Waals surface area contributed by atoms with Gasteiger partial charge in [-0.2, -0.15) is 8.78 Å². The first kappa shape index (κ1) is 28.8. The molecule has 1 fully saturated rings. The van der Waals surface area contributed by atoms with Crippen molar-refractivity contribution in [2.75, 3.05) is 13.2 Å². The topological polar surface area (TPSA) is 27.7 Å². The lowest BCUT2D eigenvalue weighted by molar-refractivity contribution is -0.206. The van der Waals surface area contributed by atoms with Crippen LogP contribution in [0.15, 0.2) is 42.5 Å². The minimum absolute atomic E-state index is 0.166. The third-order valence-electron chi connectivity index (χ3n) is 6.30. The van der Waals surface area contributed by atoms with Gasteiger partial charge in [-0.25, -0.2) is 26.3 Å². The minimum Gasteiger partial charge on any atom is -0.429 e. The molecule has 1 aliphatic heterocycles. The van der Waals surface area contributed by atoms with Crippen molar-refractivity contribution in [1.29, 1.82) is 0 Å². The van der Waals surface area contributed by atoms with Crippen molar-refractivity contribution in [2.24, 2.45) is 5.92 Å². The van der Waals surface area contributed by atoms with Crippen molar-refractivity contribution in [3.63, 3.8) is 0 Å². The summed E-state index contributed by atoms with van der Waals surface area (Å²) in [4.78, 5) is 0. The van der Waals surface area contributed by atoms with Crippen molar-refractivity contribution < 1.29 is 49.3 Å². The Labute approximate surface area is 219 Å². The number of rotatable bonds is 9. The average Bonchev–Trinajstić information content (AvgIpc) is 2.87. The average molecular weight is 560 g/mol.